The summed E-state index contributed by atoms with van der Waals surface area (Å²) in [6.07, 6.45) is 3.30. The lowest BCUT2D eigenvalue weighted by atomic mass is 10.1. The third-order valence-corrected chi connectivity index (χ3v) is 5.15. The molecule has 2 aliphatic heterocycles. The highest BCUT2D eigenvalue weighted by Crippen LogP contribution is 2.35. The zero-order valence-corrected chi connectivity index (χ0v) is 16.8. The number of guanidine groups is 1. The molecule has 8 heteroatoms. The van der Waals surface area contributed by atoms with Gasteiger partial charge in [0, 0.05) is 44.1 Å². The van der Waals surface area contributed by atoms with E-state index < -0.39 is 0 Å². The molecule has 150 valence electrons. The van der Waals surface area contributed by atoms with E-state index in [9.17, 15) is 0 Å². The second-order valence-electron chi connectivity index (χ2n) is 7.20. The molecule has 4 rings (SSSR count). The van der Waals surface area contributed by atoms with Crippen LogP contribution in [0.25, 0.3) is 0 Å². The van der Waals surface area contributed by atoms with Crippen molar-refractivity contribution in [1.82, 2.24) is 25.4 Å². The van der Waals surface area contributed by atoms with Crippen LogP contribution in [-0.2, 0) is 32.5 Å². The lowest BCUT2D eigenvalue weighted by Gasteiger charge is -2.15. The molecule has 2 aliphatic rings. The summed E-state index contributed by atoms with van der Waals surface area (Å²) < 4.78 is 13.9. The van der Waals surface area contributed by atoms with Crippen LogP contribution in [0.2, 0.25) is 0 Å². The van der Waals surface area contributed by atoms with E-state index in [0.717, 1.165) is 54.5 Å². The molecule has 0 amide bonds. The van der Waals surface area contributed by atoms with Gasteiger partial charge in [-0.3, -0.25) is 4.99 Å². The third kappa shape index (κ3) is 3.76. The van der Waals surface area contributed by atoms with Gasteiger partial charge in [0.05, 0.1) is 13.2 Å². The number of aromatic nitrogens is 3. The fraction of sp³-hybridized carbons (Fsp3) is 0.550. The normalized spacial score (nSPS) is 17.8. The molecule has 0 aliphatic carbocycles. The summed E-state index contributed by atoms with van der Waals surface area (Å²) in [6.45, 7) is 6.91. The molecule has 0 bridgehead atoms. The van der Waals surface area contributed by atoms with E-state index >= 15 is 0 Å². The predicted octanol–water partition coefficient (Wildman–Crippen LogP) is 1.81. The van der Waals surface area contributed by atoms with Gasteiger partial charge in [0.25, 0.3) is 0 Å². The molecule has 1 aromatic carbocycles. The minimum atomic E-state index is 0.215. The van der Waals surface area contributed by atoms with Crippen LogP contribution in [-0.4, -0.2) is 40.5 Å². The Bertz CT molecular complexity index is 876. The predicted molar refractivity (Wildman–Crippen MR) is 107 cm³/mol. The Labute approximate surface area is 165 Å². The van der Waals surface area contributed by atoms with E-state index in [-0.39, 0.29) is 6.10 Å². The molecule has 0 saturated carbocycles. The summed E-state index contributed by atoms with van der Waals surface area (Å²) >= 11 is 0. The molecule has 0 fully saturated rings. The maximum absolute atomic E-state index is 5.91. The summed E-state index contributed by atoms with van der Waals surface area (Å²) in [6, 6.07) is 4.19. The quantitative estimate of drug-likeness (QED) is 0.584. The van der Waals surface area contributed by atoms with E-state index in [0.29, 0.717) is 25.7 Å². The van der Waals surface area contributed by atoms with Gasteiger partial charge in [-0.05, 0) is 32.4 Å². The van der Waals surface area contributed by atoms with Gasteiger partial charge in [0.15, 0.2) is 11.8 Å². The summed E-state index contributed by atoms with van der Waals surface area (Å²) in [7, 11) is 1.76. The number of ether oxygens (including phenoxy) is 2. The standard InChI is InChI=1S/C20H28N6O2/c1-4-27-16-9-14-8-13(2)28-17(14)10-15(16)11-22-20(21-3)23-12-19-25-24-18-6-5-7-26(18)19/h9-10,13H,4-8,11-12H2,1-3H3,(H2,21,22,23). The number of hydrogen-bond donors (Lipinski definition) is 2. The molecule has 8 nitrogen and oxygen atoms in total. The van der Waals surface area contributed by atoms with Crippen LogP contribution in [0.3, 0.4) is 0 Å². The lowest BCUT2D eigenvalue weighted by molar-refractivity contribution is 0.254. The summed E-state index contributed by atoms with van der Waals surface area (Å²) in [4.78, 5) is 4.32. The summed E-state index contributed by atoms with van der Waals surface area (Å²) in [5.74, 6) is 4.60. The third-order valence-electron chi connectivity index (χ3n) is 5.15. The second-order valence-corrected chi connectivity index (χ2v) is 7.20. The van der Waals surface area contributed by atoms with Gasteiger partial charge in [-0.15, -0.1) is 10.2 Å². The molecule has 1 unspecified atom stereocenters. The van der Waals surface area contributed by atoms with E-state index in [1.807, 2.05) is 6.92 Å². The summed E-state index contributed by atoms with van der Waals surface area (Å²) in [5, 5.41) is 15.2. The Kier molecular flexibility index (Phi) is 5.36. The van der Waals surface area contributed by atoms with Crippen LogP contribution in [0, 0.1) is 0 Å². The first kappa shape index (κ1) is 18.6. The highest BCUT2D eigenvalue weighted by molar-refractivity contribution is 5.79. The first-order valence-corrected chi connectivity index (χ1v) is 9.98. The van der Waals surface area contributed by atoms with Gasteiger partial charge >= 0.3 is 0 Å². The Morgan fingerprint density at radius 3 is 3.00 bits per heavy atom. The van der Waals surface area contributed by atoms with Gasteiger partial charge in [-0.1, -0.05) is 0 Å². The zero-order chi connectivity index (χ0) is 19.5. The Balaban J connectivity index is 1.40. The zero-order valence-electron chi connectivity index (χ0n) is 16.8. The van der Waals surface area contributed by atoms with Gasteiger partial charge in [-0.25, -0.2) is 0 Å². The number of hydrogen-bond acceptors (Lipinski definition) is 5. The van der Waals surface area contributed by atoms with E-state index in [1.54, 1.807) is 7.05 Å². The largest absolute Gasteiger partial charge is 0.494 e. The van der Waals surface area contributed by atoms with Gasteiger partial charge < -0.3 is 24.7 Å². The molecule has 1 atom stereocenters. The maximum Gasteiger partial charge on any atom is 0.191 e. The fourth-order valence-electron chi connectivity index (χ4n) is 3.81. The van der Waals surface area contributed by atoms with E-state index in [4.69, 9.17) is 9.47 Å². The Hall–Kier alpha value is -2.77. The monoisotopic (exact) mass is 384 g/mol. The number of aliphatic imine (C=N–C) groups is 1. The molecule has 0 spiro atoms. The Morgan fingerprint density at radius 1 is 1.32 bits per heavy atom. The molecule has 0 radical (unpaired) electrons. The van der Waals surface area contributed by atoms with Gasteiger partial charge in [0.1, 0.15) is 23.4 Å². The van der Waals surface area contributed by atoms with Crippen LogP contribution in [0.5, 0.6) is 11.5 Å². The number of aryl methyl sites for hydroxylation is 1. The van der Waals surface area contributed by atoms with Crippen LogP contribution in [0.1, 0.15) is 43.0 Å². The van der Waals surface area contributed by atoms with Crippen molar-refractivity contribution in [3.63, 3.8) is 0 Å². The van der Waals surface area contributed by atoms with Crippen molar-refractivity contribution in [1.29, 1.82) is 0 Å². The molecule has 1 aromatic heterocycles. The van der Waals surface area contributed by atoms with Crippen LogP contribution in [0.4, 0.5) is 0 Å². The summed E-state index contributed by atoms with van der Waals surface area (Å²) in [5.41, 5.74) is 2.27. The molecule has 0 saturated heterocycles. The molecule has 2 N–H and O–H groups in total. The van der Waals surface area contributed by atoms with Crippen molar-refractivity contribution in [2.75, 3.05) is 13.7 Å². The minimum absolute atomic E-state index is 0.215. The first-order valence-electron chi connectivity index (χ1n) is 9.98. The van der Waals surface area contributed by atoms with Crippen molar-refractivity contribution < 1.29 is 9.47 Å². The topological polar surface area (TPSA) is 85.6 Å². The number of rotatable bonds is 6. The average molecular weight is 384 g/mol. The van der Waals surface area contributed by atoms with Crippen molar-refractivity contribution in [3.8, 4) is 11.5 Å². The highest BCUT2D eigenvalue weighted by atomic mass is 16.5. The molecular weight excluding hydrogens is 356 g/mol. The highest BCUT2D eigenvalue weighted by Gasteiger charge is 2.22. The van der Waals surface area contributed by atoms with Crippen molar-refractivity contribution in [2.45, 2.75) is 58.8 Å². The Morgan fingerprint density at radius 2 is 2.18 bits per heavy atom. The van der Waals surface area contributed by atoms with Crippen LogP contribution in [0.15, 0.2) is 17.1 Å². The number of fused-ring (bicyclic) bond motifs is 2. The fourth-order valence-corrected chi connectivity index (χ4v) is 3.81. The number of nitrogens with one attached hydrogen (secondary N) is 2. The van der Waals surface area contributed by atoms with Crippen LogP contribution < -0.4 is 20.1 Å². The second kappa shape index (κ2) is 8.08. The van der Waals surface area contributed by atoms with E-state index in [1.165, 1.54) is 5.56 Å². The average Bonchev–Trinajstić information content (AvgIpc) is 3.37. The van der Waals surface area contributed by atoms with Crippen molar-refractivity contribution in [2.24, 2.45) is 4.99 Å². The molecule has 3 heterocycles. The first-order chi connectivity index (χ1) is 13.7. The van der Waals surface area contributed by atoms with Crippen molar-refractivity contribution in [3.05, 3.63) is 34.9 Å². The van der Waals surface area contributed by atoms with E-state index in [2.05, 4.69) is 49.4 Å². The minimum Gasteiger partial charge on any atom is -0.494 e. The molecular formula is C20H28N6O2. The molecule has 28 heavy (non-hydrogen) atoms. The SMILES string of the molecule is CCOc1cc2c(cc1CNC(=NC)NCc1nnc3n1CCC3)OC(C)C2. The smallest absolute Gasteiger partial charge is 0.191 e. The van der Waals surface area contributed by atoms with Gasteiger partial charge in [-0.2, -0.15) is 0 Å². The lowest BCUT2D eigenvalue weighted by Crippen LogP contribution is -2.37. The van der Waals surface area contributed by atoms with Gasteiger partial charge in [0.2, 0.25) is 0 Å². The maximum atomic E-state index is 5.91. The van der Waals surface area contributed by atoms with Crippen LogP contribution >= 0.6 is 0 Å². The van der Waals surface area contributed by atoms with Crippen molar-refractivity contribution >= 4 is 5.96 Å². The number of benzene rings is 1. The molecule has 2 aromatic rings. The number of nitrogens with zero attached hydrogens (tertiary/aromatic N) is 4.